The second-order valence-corrected chi connectivity index (χ2v) is 7.81. The van der Waals surface area contributed by atoms with Gasteiger partial charge in [0.25, 0.3) is 5.91 Å². The van der Waals surface area contributed by atoms with E-state index in [-0.39, 0.29) is 18.1 Å². The molecule has 1 saturated heterocycles. The zero-order valence-corrected chi connectivity index (χ0v) is 14.8. The zero-order chi connectivity index (χ0) is 17.9. The standard InChI is InChI=1S/C17H20N4O3S/c1-14-5-2-3-6-16(14)25(23,24)21-10-4-9-20(11-12-21)17(22)15-13-18-7-8-19-15/h2-3,5-8,13H,4,9-12H2,1H3. The van der Waals surface area contributed by atoms with E-state index in [1.807, 2.05) is 6.07 Å². The molecule has 0 spiro atoms. The number of carbonyl (C=O) groups is 1. The van der Waals surface area contributed by atoms with Crippen LogP contribution in [0.1, 0.15) is 22.5 Å². The lowest BCUT2D eigenvalue weighted by Crippen LogP contribution is -2.37. The van der Waals surface area contributed by atoms with Crippen molar-refractivity contribution in [1.29, 1.82) is 0 Å². The van der Waals surface area contributed by atoms with Crippen molar-refractivity contribution in [2.45, 2.75) is 18.2 Å². The van der Waals surface area contributed by atoms with Gasteiger partial charge in [0.1, 0.15) is 5.69 Å². The number of benzene rings is 1. The molecule has 1 aromatic carbocycles. The lowest BCUT2D eigenvalue weighted by atomic mass is 10.2. The first-order chi connectivity index (χ1) is 12.0. The minimum atomic E-state index is -3.56. The first-order valence-electron chi connectivity index (χ1n) is 8.11. The average Bonchev–Trinajstić information content (AvgIpc) is 2.89. The fourth-order valence-electron chi connectivity index (χ4n) is 2.89. The van der Waals surface area contributed by atoms with Gasteiger partial charge in [-0.3, -0.25) is 9.78 Å². The number of rotatable bonds is 3. The van der Waals surface area contributed by atoms with Gasteiger partial charge in [0.15, 0.2) is 0 Å². The van der Waals surface area contributed by atoms with E-state index in [0.717, 1.165) is 5.56 Å². The first kappa shape index (κ1) is 17.5. The van der Waals surface area contributed by atoms with E-state index in [2.05, 4.69) is 9.97 Å². The molecule has 1 fully saturated rings. The monoisotopic (exact) mass is 360 g/mol. The molecule has 1 aliphatic rings. The molecule has 1 aliphatic heterocycles. The largest absolute Gasteiger partial charge is 0.336 e. The van der Waals surface area contributed by atoms with Crippen LogP contribution in [-0.2, 0) is 10.0 Å². The molecule has 25 heavy (non-hydrogen) atoms. The fraction of sp³-hybridized carbons (Fsp3) is 0.353. The number of nitrogens with zero attached hydrogens (tertiary/aromatic N) is 4. The lowest BCUT2D eigenvalue weighted by Gasteiger charge is -2.22. The molecule has 8 heteroatoms. The van der Waals surface area contributed by atoms with Gasteiger partial charge in [-0.05, 0) is 25.0 Å². The third kappa shape index (κ3) is 3.69. The van der Waals surface area contributed by atoms with Crippen molar-refractivity contribution < 1.29 is 13.2 Å². The lowest BCUT2D eigenvalue weighted by molar-refractivity contribution is 0.0758. The Bertz CT molecular complexity index is 855. The summed E-state index contributed by atoms with van der Waals surface area (Å²) < 4.78 is 27.3. The molecule has 0 aliphatic carbocycles. The van der Waals surface area contributed by atoms with Crippen molar-refractivity contribution in [1.82, 2.24) is 19.2 Å². The second kappa shape index (κ2) is 7.28. The van der Waals surface area contributed by atoms with E-state index in [4.69, 9.17) is 0 Å². The van der Waals surface area contributed by atoms with Crippen LogP contribution in [0.2, 0.25) is 0 Å². The number of hydrogen-bond donors (Lipinski definition) is 0. The van der Waals surface area contributed by atoms with Crippen molar-refractivity contribution in [2.24, 2.45) is 0 Å². The van der Waals surface area contributed by atoms with Gasteiger partial charge in [0, 0.05) is 38.6 Å². The second-order valence-electron chi connectivity index (χ2n) is 5.91. The Hall–Kier alpha value is -2.32. The van der Waals surface area contributed by atoms with Crippen LogP contribution < -0.4 is 0 Å². The normalized spacial score (nSPS) is 16.4. The van der Waals surface area contributed by atoms with Crippen molar-refractivity contribution in [3.05, 3.63) is 54.1 Å². The summed E-state index contributed by atoms with van der Waals surface area (Å²) in [5.41, 5.74) is 0.997. The minimum absolute atomic E-state index is 0.219. The van der Waals surface area contributed by atoms with Crippen LogP contribution in [0.5, 0.6) is 0 Å². The summed E-state index contributed by atoms with van der Waals surface area (Å²) in [6, 6.07) is 6.95. The summed E-state index contributed by atoms with van der Waals surface area (Å²) in [7, 11) is -3.56. The molecule has 0 saturated carbocycles. The van der Waals surface area contributed by atoms with Crippen LogP contribution in [0.25, 0.3) is 0 Å². The van der Waals surface area contributed by atoms with Crippen LogP contribution in [-0.4, -0.2) is 59.7 Å². The zero-order valence-electron chi connectivity index (χ0n) is 14.0. The summed E-state index contributed by atoms with van der Waals surface area (Å²) in [5.74, 6) is -0.219. The van der Waals surface area contributed by atoms with Gasteiger partial charge >= 0.3 is 0 Å². The Morgan fingerprint density at radius 1 is 1.08 bits per heavy atom. The third-order valence-corrected chi connectivity index (χ3v) is 6.29. The van der Waals surface area contributed by atoms with Crippen LogP contribution in [0.4, 0.5) is 0 Å². The molecule has 3 rings (SSSR count). The molecule has 0 atom stereocenters. The van der Waals surface area contributed by atoms with Gasteiger partial charge in [0.05, 0.1) is 11.1 Å². The highest BCUT2D eigenvalue weighted by atomic mass is 32.2. The Balaban J connectivity index is 1.76. The first-order valence-corrected chi connectivity index (χ1v) is 9.55. The summed E-state index contributed by atoms with van der Waals surface area (Å²) >= 11 is 0. The third-order valence-electron chi connectivity index (χ3n) is 4.24. The summed E-state index contributed by atoms with van der Waals surface area (Å²) in [6.45, 7) is 3.27. The number of carbonyl (C=O) groups excluding carboxylic acids is 1. The van der Waals surface area contributed by atoms with Crippen LogP contribution >= 0.6 is 0 Å². The van der Waals surface area contributed by atoms with Gasteiger partial charge in [-0.15, -0.1) is 0 Å². The van der Waals surface area contributed by atoms with E-state index >= 15 is 0 Å². The van der Waals surface area contributed by atoms with Gasteiger partial charge in [0.2, 0.25) is 10.0 Å². The molecule has 0 radical (unpaired) electrons. The topological polar surface area (TPSA) is 83.5 Å². The number of hydrogen-bond acceptors (Lipinski definition) is 5. The molecule has 2 aromatic rings. The molecule has 2 heterocycles. The molecular formula is C17H20N4O3S. The maximum atomic E-state index is 12.9. The van der Waals surface area contributed by atoms with Gasteiger partial charge in [-0.25, -0.2) is 13.4 Å². The predicted molar refractivity (Wildman–Crippen MR) is 92.5 cm³/mol. The molecule has 1 amide bonds. The summed E-state index contributed by atoms with van der Waals surface area (Å²) in [5, 5.41) is 0. The molecule has 0 unspecified atom stereocenters. The molecule has 1 aromatic heterocycles. The van der Waals surface area contributed by atoms with E-state index in [9.17, 15) is 13.2 Å². The van der Waals surface area contributed by atoms with Crippen molar-refractivity contribution in [3.63, 3.8) is 0 Å². The average molecular weight is 360 g/mol. The molecule has 0 N–H and O–H groups in total. The van der Waals surface area contributed by atoms with Crippen molar-refractivity contribution in [2.75, 3.05) is 26.2 Å². The Morgan fingerprint density at radius 2 is 1.88 bits per heavy atom. The Morgan fingerprint density at radius 3 is 2.60 bits per heavy atom. The molecule has 132 valence electrons. The predicted octanol–water partition coefficient (Wildman–Crippen LogP) is 1.32. The van der Waals surface area contributed by atoms with Gasteiger partial charge < -0.3 is 4.90 Å². The smallest absolute Gasteiger partial charge is 0.274 e. The van der Waals surface area contributed by atoms with Gasteiger partial charge in [-0.2, -0.15) is 4.31 Å². The van der Waals surface area contributed by atoms with Crippen molar-refractivity contribution >= 4 is 15.9 Å². The summed E-state index contributed by atoms with van der Waals surface area (Å²) in [4.78, 5) is 22.4. The SMILES string of the molecule is Cc1ccccc1S(=O)(=O)N1CCCN(C(=O)c2cnccn2)CC1. The van der Waals surface area contributed by atoms with Crippen LogP contribution in [0.3, 0.4) is 0 Å². The highest BCUT2D eigenvalue weighted by Gasteiger charge is 2.29. The van der Waals surface area contributed by atoms with Crippen LogP contribution in [0, 0.1) is 6.92 Å². The number of amides is 1. The molecule has 0 bridgehead atoms. The number of sulfonamides is 1. The quantitative estimate of drug-likeness (QED) is 0.824. The minimum Gasteiger partial charge on any atom is -0.336 e. The molecular weight excluding hydrogens is 340 g/mol. The van der Waals surface area contributed by atoms with E-state index in [1.165, 1.54) is 22.9 Å². The highest BCUT2D eigenvalue weighted by molar-refractivity contribution is 7.89. The highest BCUT2D eigenvalue weighted by Crippen LogP contribution is 2.21. The summed E-state index contributed by atoms with van der Waals surface area (Å²) in [6.07, 6.45) is 4.99. The van der Waals surface area contributed by atoms with E-state index < -0.39 is 10.0 Å². The van der Waals surface area contributed by atoms with E-state index in [1.54, 1.807) is 30.0 Å². The van der Waals surface area contributed by atoms with E-state index in [0.29, 0.717) is 31.0 Å². The molecule has 7 nitrogen and oxygen atoms in total. The fourth-order valence-corrected chi connectivity index (χ4v) is 4.59. The Labute approximate surface area is 147 Å². The maximum absolute atomic E-state index is 12.9. The van der Waals surface area contributed by atoms with Crippen molar-refractivity contribution in [3.8, 4) is 0 Å². The Kier molecular flexibility index (Phi) is 5.10. The van der Waals surface area contributed by atoms with Crippen LogP contribution in [0.15, 0.2) is 47.8 Å². The van der Waals surface area contributed by atoms with Gasteiger partial charge in [-0.1, -0.05) is 18.2 Å². The number of aromatic nitrogens is 2. The number of aryl methyl sites for hydroxylation is 1. The maximum Gasteiger partial charge on any atom is 0.274 e.